The smallest absolute Gasteiger partial charge is 0.257 e. The van der Waals surface area contributed by atoms with Gasteiger partial charge in [-0.2, -0.15) is 0 Å². The summed E-state index contributed by atoms with van der Waals surface area (Å²) in [6.07, 6.45) is 2.53. The van der Waals surface area contributed by atoms with Crippen LogP contribution in [0.1, 0.15) is 34.8 Å². The average Bonchev–Trinajstić information content (AvgIpc) is 2.71. The zero-order valence-electron chi connectivity index (χ0n) is 17.4. The van der Waals surface area contributed by atoms with E-state index in [0.29, 0.717) is 17.9 Å². The third kappa shape index (κ3) is 5.85. The number of hydrogen-bond acceptors (Lipinski definition) is 5. The monoisotopic (exact) mass is 413 g/mol. The second-order valence-electron chi connectivity index (χ2n) is 6.95. The van der Waals surface area contributed by atoms with Crippen LogP contribution in [0.15, 0.2) is 42.1 Å². The van der Waals surface area contributed by atoms with E-state index in [9.17, 15) is 9.18 Å². The molecule has 160 valence electrons. The Morgan fingerprint density at radius 1 is 1.27 bits per heavy atom. The Balaban J connectivity index is 0.00000101. The van der Waals surface area contributed by atoms with Gasteiger partial charge in [0.15, 0.2) is 5.96 Å². The summed E-state index contributed by atoms with van der Waals surface area (Å²) in [6, 6.07) is 7.70. The van der Waals surface area contributed by atoms with Gasteiger partial charge in [-0.1, -0.05) is 11.6 Å². The molecule has 0 unspecified atom stereocenters. The third-order valence-electron chi connectivity index (χ3n) is 4.76. The minimum absolute atomic E-state index is 0.0577. The Bertz CT molecular complexity index is 941. The lowest BCUT2D eigenvalue weighted by molar-refractivity contribution is 0.102. The molecule has 1 aliphatic rings. The highest BCUT2D eigenvalue weighted by Gasteiger charge is 2.19. The molecule has 8 nitrogen and oxygen atoms in total. The van der Waals surface area contributed by atoms with Crippen LogP contribution in [0.25, 0.3) is 5.57 Å². The topological polar surface area (TPSA) is 133 Å². The summed E-state index contributed by atoms with van der Waals surface area (Å²) in [7, 11) is 1.65. The number of nitrogens with one attached hydrogen (secondary N) is 3. The maximum absolute atomic E-state index is 13.4. The van der Waals surface area contributed by atoms with E-state index < -0.39 is 11.7 Å². The molecule has 0 saturated heterocycles. The number of amides is 1. The Morgan fingerprint density at radius 3 is 2.57 bits per heavy atom. The van der Waals surface area contributed by atoms with Crippen molar-refractivity contribution in [1.29, 1.82) is 5.41 Å². The van der Waals surface area contributed by atoms with Crippen LogP contribution in [0, 0.1) is 18.2 Å². The molecule has 2 heterocycles. The molecule has 1 amide bonds. The number of aromatic nitrogens is 1. The summed E-state index contributed by atoms with van der Waals surface area (Å²) in [5.41, 5.74) is 12.1. The molecular weight excluding hydrogens is 385 g/mol. The number of carbonyl (C=O) groups is 1. The van der Waals surface area contributed by atoms with Gasteiger partial charge in [0.05, 0.1) is 0 Å². The third-order valence-corrected chi connectivity index (χ3v) is 4.76. The number of halogens is 1. The molecule has 30 heavy (non-hydrogen) atoms. The number of benzene rings is 1. The summed E-state index contributed by atoms with van der Waals surface area (Å²) in [4.78, 5) is 18.5. The Hall–Kier alpha value is -3.30. The number of guanidine groups is 1. The molecule has 1 aromatic carbocycles. The first-order valence-electron chi connectivity index (χ1n) is 9.45. The number of hydrazine groups is 1. The van der Waals surface area contributed by atoms with E-state index in [1.807, 2.05) is 11.0 Å². The summed E-state index contributed by atoms with van der Waals surface area (Å²) < 4.78 is 13.4. The molecule has 3 rings (SSSR count). The molecule has 1 aliphatic heterocycles. The van der Waals surface area contributed by atoms with Gasteiger partial charge in [0.2, 0.25) is 0 Å². The summed E-state index contributed by atoms with van der Waals surface area (Å²) >= 11 is 0. The van der Waals surface area contributed by atoms with E-state index in [1.165, 1.54) is 17.7 Å². The highest BCUT2D eigenvalue weighted by atomic mass is 19.1. The number of pyridine rings is 1. The fourth-order valence-electron chi connectivity index (χ4n) is 3.07. The van der Waals surface area contributed by atoms with Gasteiger partial charge in [0, 0.05) is 24.8 Å². The van der Waals surface area contributed by atoms with E-state index >= 15 is 0 Å². The van der Waals surface area contributed by atoms with Crippen molar-refractivity contribution in [2.24, 2.45) is 11.6 Å². The van der Waals surface area contributed by atoms with Gasteiger partial charge in [-0.3, -0.25) is 21.5 Å². The predicted octanol–water partition coefficient (Wildman–Crippen LogP) is 2.23. The molecule has 0 bridgehead atoms. The number of hydrogen-bond donors (Lipinski definition) is 5. The predicted molar refractivity (Wildman–Crippen MR) is 117 cm³/mol. The highest BCUT2D eigenvalue weighted by molar-refractivity contribution is 6.04. The summed E-state index contributed by atoms with van der Waals surface area (Å²) in [6.45, 7) is 5.12. The lowest BCUT2D eigenvalue weighted by Crippen LogP contribution is -2.40. The molecule has 0 spiro atoms. The number of anilines is 1. The van der Waals surface area contributed by atoms with Crippen molar-refractivity contribution >= 4 is 23.3 Å². The van der Waals surface area contributed by atoms with Crippen molar-refractivity contribution in [3.63, 3.8) is 0 Å². The van der Waals surface area contributed by atoms with Crippen LogP contribution in [0.2, 0.25) is 0 Å². The van der Waals surface area contributed by atoms with E-state index in [-0.39, 0.29) is 11.5 Å². The molecule has 9 heteroatoms. The first-order valence-corrected chi connectivity index (χ1v) is 9.45. The summed E-state index contributed by atoms with van der Waals surface area (Å²) in [5, 5.41) is 10.3. The standard InChI is InChI=1S/C20H22FN5O.CH6N2/c1-12-3-5-15(21)9-16(12)19(27)25-18-6-4-14(10-24-18)17-11-26(20(22)23)8-7-13(17)2;1-3-2/h3-6,9-10H,7-8,11H2,1-2H3,(H3,22,23)(H,24,25,27);3H,2H2,1H3. The Morgan fingerprint density at radius 2 is 1.97 bits per heavy atom. The number of nitrogens with zero attached hydrogens (tertiary/aromatic N) is 2. The second-order valence-corrected chi connectivity index (χ2v) is 6.95. The van der Waals surface area contributed by atoms with E-state index in [4.69, 9.17) is 11.1 Å². The van der Waals surface area contributed by atoms with Crippen LogP contribution in [0.5, 0.6) is 0 Å². The minimum atomic E-state index is -0.455. The van der Waals surface area contributed by atoms with Crippen molar-refractivity contribution in [3.8, 4) is 0 Å². The van der Waals surface area contributed by atoms with Crippen molar-refractivity contribution in [2.45, 2.75) is 20.3 Å². The average molecular weight is 414 g/mol. The Labute approximate surface area is 175 Å². The quantitative estimate of drug-likeness (QED) is 0.227. The fourth-order valence-corrected chi connectivity index (χ4v) is 3.07. The van der Waals surface area contributed by atoms with Crippen LogP contribution in [-0.4, -0.2) is 41.9 Å². The highest BCUT2D eigenvalue weighted by Crippen LogP contribution is 2.26. The number of nitrogens with two attached hydrogens (primary N) is 2. The molecule has 0 saturated carbocycles. The minimum Gasteiger partial charge on any atom is -0.370 e. The van der Waals surface area contributed by atoms with Crippen LogP contribution in [0.3, 0.4) is 0 Å². The van der Waals surface area contributed by atoms with Crippen molar-refractivity contribution in [3.05, 3.63) is 64.6 Å². The molecule has 0 atom stereocenters. The fraction of sp³-hybridized carbons (Fsp3) is 0.286. The number of rotatable bonds is 3. The lowest BCUT2D eigenvalue weighted by atomic mass is 9.96. The maximum atomic E-state index is 13.4. The van der Waals surface area contributed by atoms with Gasteiger partial charge >= 0.3 is 0 Å². The zero-order valence-corrected chi connectivity index (χ0v) is 17.4. The van der Waals surface area contributed by atoms with Gasteiger partial charge in [-0.25, -0.2) is 9.37 Å². The van der Waals surface area contributed by atoms with Crippen LogP contribution >= 0.6 is 0 Å². The second kappa shape index (κ2) is 10.5. The van der Waals surface area contributed by atoms with Gasteiger partial charge < -0.3 is 16.0 Å². The molecule has 0 aliphatic carbocycles. The van der Waals surface area contributed by atoms with Crippen molar-refractivity contribution in [1.82, 2.24) is 15.3 Å². The maximum Gasteiger partial charge on any atom is 0.257 e. The Kier molecular flexibility index (Phi) is 8.02. The van der Waals surface area contributed by atoms with E-state index in [1.54, 1.807) is 32.3 Å². The van der Waals surface area contributed by atoms with E-state index in [0.717, 1.165) is 24.1 Å². The molecular formula is C21H28FN7O. The van der Waals surface area contributed by atoms with Crippen LogP contribution in [-0.2, 0) is 0 Å². The molecule has 0 radical (unpaired) electrons. The normalized spacial score (nSPS) is 13.4. The van der Waals surface area contributed by atoms with Gasteiger partial charge in [-0.05, 0) is 68.3 Å². The zero-order chi connectivity index (χ0) is 22.3. The van der Waals surface area contributed by atoms with Gasteiger partial charge in [0.25, 0.3) is 5.91 Å². The number of aryl methyl sites for hydroxylation is 1. The summed E-state index contributed by atoms with van der Waals surface area (Å²) in [5.74, 6) is 4.19. The number of carbonyl (C=O) groups excluding carboxylic acids is 1. The van der Waals surface area contributed by atoms with Gasteiger partial charge in [0.1, 0.15) is 11.6 Å². The first-order chi connectivity index (χ1) is 14.3. The SMILES string of the molecule is CC1=C(c2ccc(NC(=O)c3cc(F)ccc3C)nc2)CN(C(=N)N)CC1.CNN. The van der Waals surface area contributed by atoms with Crippen LogP contribution < -0.4 is 22.3 Å². The van der Waals surface area contributed by atoms with Crippen LogP contribution in [0.4, 0.5) is 10.2 Å². The molecule has 0 fully saturated rings. The molecule has 7 N–H and O–H groups in total. The first kappa shape index (κ1) is 23.0. The largest absolute Gasteiger partial charge is 0.370 e. The molecule has 2 aromatic rings. The van der Waals surface area contributed by atoms with Gasteiger partial charge in [-0.15, -0.1) is 0 Å². The van der Waals surface area contributed by atoms with E-state index in [2.05, 4.69) is 28.5 Å². The lowest BCUT2D eigenvalue weighted by Gasteiger charge is -2.30. The molecule has 1 aromatic heterocycles. The van der Waals surface area contributed by atoms with Crippen molar-refractivity contribution in [2.75, 3.05) is 25.5 Å². The van der Waals surface area contributed by atoms with Crippen molar-refractivity contribution < 1.29 is 9.18 Å².